The molecular formula is C15H13F3N2O. The maximum Gasteiger partial charge on any atom is 0.243 e. The molecule has 0 aliphatic rings. The van der Waals surface area contributed by atoms with Gasteiger partial charge in [0, 0.05) is 6.07 Å². The molecule has 2 aromatic carbocycles. The average Bonchev–Trinajstić information content (AvgIpc) is 2.41. The van der Waals surface area contributed by atoms with Crippen LogP contribution in [0.1, 0.15) is 5.56 Å². The van der Waals surface area contributed by atoms with Gasteiger partial charge in [0.15, 0.2) is 0 Å². The van der Waals surface area contributed by atoms with Crippen LogP contribution in [-0.2, 0) is 4.79 Å². The van der Waals surface area contributed by atoms with E-state index in [2.05, 4.69) is 10.6 Å². The number of rotatable bonds is 4. The number of anilines is 2. The Morgan fingerprint density at radius 3 is 2.33 bits per heavy atom. The van der Waals surface area contributed by atoms with E-state index in [9.17, 15) is 18.0 Å². The summed E-state index contributed by atoms with van der Waals surface area (Å²) < 4.78 is 39.6. The zero-order chi connectivity index (χ0) is 15.4. The predicted molar refractivity (Wildman–Crippen MR) is 74.6 cm³/mol. The third-order valence-electron chi connectivity index (χ3n) is 2.77. The number of benzene rings is 2. The number of halogens is 3. The average molecular weight is 294 g/mol. The molecule has 0 saturated heterocycles. The Bertz CT molecular complexity index is 674. The van der Waals surface area contributed by atoms with Crippen molar-refractivity contribution in [3.63, 3.8) is 0 Å². The molecule has 110 valence electrons. The van der Waals surface area contributed by atoms with Crippen molar-refractivity contribution in [2.24, 2.45) is 0 Å². The third-order valence-corrected chi connectivity index (χ3v) is 2.77. The van der Waals surface area contributed by atoms with E-state index in [1.807, 2.05) is 0 Å². The fourth-order valence-corrected chi connectivity index (χ4v) is 1.72. The van der Waals surface area contributed by atoms with Crippen LogP contribution in [0.5, 0.6) is 0 Å². The van der Waals surface area contributed by atoms with Crippen molar-refractivity contribution in [3.05, 3.63) is 59.4 Å². The molecule has 6 heteroatoms. The second-order valence-electron chi connectivity index (χ2n) is 4.51. The quantitative estimate of drug-likeness (QED) is 0.906. The molecule has 0 bridgehead atoms. The van der Waals surface area contributed by atoms with Crippen LogP contribution in [-0.4, -0.2) is 12.5 Å². The van der Waals surface area contributed by atoms with Gasteiger partial charge in [-0.1, -0.05) is 6.07 Å². The number of hydrogen-bond donors (Lipinski definition) is 2. The number of aryl methyl sites for hydroxylation is 1. The molecule has 0 aliphatic carbocycles. The minimum Gasteiger partial charge on any atom is -0.374 e. The Hall–Kier alpha value is -2.50. The highest BCUT2D eigenvalue weighted by Gasteiger charge is 2.09. The minimum atomic E-state index is -0.870. The summed E-state index contributed by atoms with van der Waals surface area (Å²) in [7, 11) is 0. The van der Waals surface area contributed by atoms with Gasteiger partial charge in [-0.05, 0) is 36.8 Å². The summed E-state index contributed by atoms with van der Waals surface area (Å²) in [6, 6.07) is 7.36. The van der Waals surface area contributed by atoms with Crippen molar-refractivity contribution in [1.82, 2.24) is 0 Å². The van der Waals surface area contributed by atoms with Crippen molar-refractivity contribution in [2.75, 3.05) is 17.2 Å². The first-order chi connectivity index (χ1) is 9.95. The van der Waals surface area contributed by atoms with Gasteiger partial charge in [-0.25, -0.2) is 13.2 Å². The lowest BCUT2D eigenvalue weighted by molar-refractivity contribution is -0.114. The maximum atomic E-state index is 13.5. The van der Waals surface area contributed by atoms with Gasteiger partial charge in [0.2, 0.25) is 5.91 Å². The molecule has 1 amide bonds. The summed E-state index contributed by atoms with van der Waals surface area (Å²) in [5, 5.41) is 4.88. The first-order valence-electron chi connectivity index (χ1n) is 6.20. The van der Waals surface area contributed by atoms with Crippen LogP contribution in [0.25, 0.3) is 0 Å². The van der Waals surface area contributed by atoms with Gasteiger partial charge in [-0.2, -0.15) is 0 Å². The van der Waals surface area contributed by atoms with E-state index >= 15 is 0 Å². The lowest BCUT2D eigenvalue weighted by Crippen LogP contribution is -2.22. The highest BCUT2D eigenvalue weighted by atomic mass is 19.1. The molecule has 2 N–H and O–H groups in total. The van der Waals surface area contributed by atoms with E-state index in [4.69, 9.17) is 0 Å². The van der Waals surface area contributed by atoms with Crippen molar-refractivity contribution in [2.45, 2.75) is 6.92 Å². The molecule has 0 saturated carbocycles. The molecule has 0 radical (unpaired) electrons. The van der Waals surface area contributed by atoms with E-state index in [0.717, 1.165) is 17.7 Å². The van der Waals surface area contributed by atoms with Crippen LogP contribution in [0.3, 0.4) is 0 Å². The number of carbonyl (C=O) groups excluding carboxylic acids is 1. The van der Waals surface area contributed by atoms with Crippen LogP contribution in [0.15, 0.2) is 36.4 Å². The maximum absolute atomic E-state index is 13.5. The lowest BCUT2D eigenvalue weighted by Gasteiger charge is -2.09. The molecule has 0 atom stereocenters. The van der Waals surface area contributed by atoms with Gasteiger partial charge < -0.3 is 10.6 Å². The smallest absolute Gasteiger partial charge is 0.243 e. The summed E-state index contributed by atoms with van der Waals surface area (Å²) in [5.74, 6) is -2.65. The highest BCUT2D eigenvalue weighted by Crippen LogP contribution is 2.16. The van der Waals surface area contributed by atoms with Crippen LogP contribution >= 0.6 is 0 Å². The van der Waals surface area contributed by atoms with Crippen molar-refractivity contribution in [3.8, 4) is 0 Å². The van der Waals surface area contributed by atoms with Crippen LogP contribution in [0.2, 0.25) is 0 Å². The van der Waals surface area contributed by atoms with E-state index in [0.29, 0.717) is 6.07 Å². The number of carbonyl (C=O) groups is 1. The Labute approximate surface area is 119 Å². The lowest BCUT2D eigenvalue weighted by atomic mass is 10.2. The van der Waals surface area contributed by atoms with E-state index < -0.39 is 23.4 Å². The molecule has 0 unspecified atom stereocenters. The van der Waals surface area contributed by atoms with Crippen LogP contribution in [0.4, 0.5) is 24.5 Å². The second kappa shape index (κ2) is 6.30. The Morgan fingerprint density at radius 1 is 1.00 bits per heavy atom. The second-order valence-corrected chi connectivity index (χ2v) is 4.51. The minimum absolute atomic E-state index is 0.132. The molecule has 0 spiro atoms. The van der Waals surface area contributed by atoms with Crippen molar-refractivity contribution in [1.29, 1.82) is 0 Å². The largest absolute Gasteiger partial charge is 0.374 e. The zero-order valence-electron chi connectivity index (χ0n) is 11.2. The van der Waals surface area contributed by atoms with Gasteiger partial charge in [0.05, 0.1) is 17.9 Å². The highest BCUT2D eigenvalue weighted by molar-refractivity contribution is 5.93. The van der Waals surface area contributed by atoms with Gasteiger partial charge >= 0.3 is 0 Å². The Balaban J connectivity index is 1.96. The molecular weight excluding hydrogens is 281 g/mol. The third kappa shape index (κ3) is 3.98. The number of nitrogens with one attached hydrogen (secondary N) is 2. The Kier molecular flexibility index (Phi) is 4.47. The SMILES string of the molecule is Cc1ccc(NCC(=O)Nc2ccc(F)cc2F)c(F)c1. The molecule has 0 heterocycles. The standard InChI is InChI=1S/C15H13F3N2O/c1-9-2-4-13(11(17)6-9)19-8-15(21)20-14-5-3-10(16)7-12(14)18/h2-7,19H,8H2,1H3,(H,20,21). The molecule has 0 fully saturated rings. The van der Waals surface area contributed by atoms with Crippen molar-refractivity contribution < 1.29 is 18.0 Å². The van der Waals surface area contributed by atoms with Gasteiger partial charge in [0.25, 0.3) is 0 Å². The molecule has 2 rings (SSSR count). The fourth-order valence-electron chi connectivity index (χ4n) is 1.72. The molecule has 0 aliphatic heterocycles. The normalized spacial score (nSPS) is 10.3. The van der Waals surface area contributed by atoms with Crippen molar-refractivity contribution >= 4 is 17.3 Å². The fraction of sp³-hybridized carbons (Fsp3) is 0.133. The topological polar surface area (TPSA) is 41.1 Å². The number of amides is 1. The monoisotopic (exact) mass is 294 g/mol. The first kappa shape index (κ1) is 14.9. The molecule has 3 nitrogen and oxygen atoms in total. The number of hydrogen-bond acceptors (Lipinski definition) is 2. The molecule has 2 aromatic rings. The first-order valence-corrected chi connectivity index (χ1v) is 6.20. The van der Waals surface area contributed by atoms with Gasteiger partial charge in [-0.3, -0.25) is 4.79 Å². The van der Waals surface area contributed by atoms with Gasteiger partial charge in [-0.15, -0.1) is 0 Å². The molecule has 21 heavy (non-hydrogen) atoms. The van der Waals surface area contributed by atoms with E-state index in [1.54, 1.807) is 13.0 Å². The Morgan fingerprint density at radius 2 is 1.67 bits per heavy atom. The summed E-state index contributed by atoms with van der Waals surface area (Å²) in [4.78, 5) is 11.6. The van der Waals surface area contributed by atoms with Crippen LogP contribution in [0, 0.1) is 24.4 Å². The van der Waals surface area contributed by atoms with E-state index in [1.165, 1.54) is 12.1 Å². The van der Waals surface area contributed by atoms with E-state index in [-0.39, 0.29) is 17.9 Å². The van der Waals surface area contributed by atoms with Crippen LogP contribution < -0.4 is 10.6 Å². The summed E-state index contributed by atoms with van der Waals surface area (Å²) in [6.45, 7) is 1.51. The zero-order valence-corrected chi connectivity index (χ0v) is 11.2. The summed E-state index contributed by atoms with van der Waals surface area (Å²) in [6.07, 6.45) is 0. The predicted octanol–water partition coefficient (Wildman–Crippen LogP) is 3.46. The summed E-state index contributed by atoms with van der Waals surface area (Å²) >= 11 is 0. The molecule has 0 aromatic heterocycles. The summed E-state index contributed by atoms with van der Waals surface area (Å²) in [5.41, 5.74) is 0.804. The van der Waals surface area contributed by atoms with Gasteiger partial charge in [0.1, 0.15) is 17.5 Å².